The fourth-order valence-electron chi connectivity index (χ4n) is 2.13. The van der Waals surface area contributed by atoms with Crippen molar-refractivity contribution >= 4 is 27.3 Å². The second kappa shape index (κ2) is 7.20. The maximum absolute atomic E-state index is 5.76. The van der Waals surface area contributed by atoms with Gasteiger partial charge in [-0.25, -0.2) is 0 Å². The summed E-state index contributed by atoms with van der Waals surface area (Å²) in [4.78, 5) is 3.80. The highest BCUT2D eigenvalue weighted by Crippen LogP contribution is 2.31. The van der Waals surface area contributed by atoms with Crippen LogP contribution in [0.3, 0.4) is 0 Å². The van der Waals surface area contributed by atoms with Gasteiger partial charge in [0, 0.05) is 30.6 Å². The van der Waals surface area contributed by atoms with E-state index in [4.69, 9.17) is 5.73 Å². The molecule has 1 unspecified atom stereocenters. The van der Waals surface area contributed by atoms with E-state index < -0.39 is 0 Å². The average molecular weight is 339 g/mol. The van der Waals surface area contributed by atoms with E-state index >= 15 is 0 Å². The van der Waals surface area contributed by atoms with E-state index in [9.17, 15) is 0 Å². The molecule has 0 aliphatic carbocycles. The van der Waals surface area contributed by atoms with E-state index in [1.54, 1.807) is 11.3 Å². The maximum atomic E-state index is 5.76. The van der Waals surface area contributed by atoms with E-state index in [1.807, 2.05) is 0 Å². The first-order valence-corrected chi connectivity index (χ1v) is 8.05. The topological polar surface area (TPSA) is 29.3 Å². The lowest BCUT2D eigenvalue weighted by Crippen LogP contribution is -2.31. The molecule has 0 fully saturated rings. The standard InChI is InChI=1S/C15H19BrN2S/c1-12(14-7-8-15(16)19-14)18(10-9-17)11-13-5-3-2-4-6-13/h2-8,12H,9-11,17H2,1H3. The Kier molecular flexibility index (Phi) is 5.58. The van der Waals surface area contributed by atoms with E-state index in [-0.39, 0.29) is 0 Å². The van der Waals surface area contributed by atoms with Gasteiger partial charge in [0.1, 0.15) is 0 Å². The molecular formula is C15H19BrN2S. The summed E-state index contributed by atoms with van der Waals surface area (Å²) in [7, 11) is 0. The van der Waals surface area contributed by atoms with Gasteiger partial charge in [-0.05, 0) is 40.5 Å². The summed E-state index contributed by atoms with van der Waals surface area (Å²) < 4.78 is 1.18. The molecule has 2 N–H and O–H groups in total. The summed E-state index contributed by atoms with van der Waals surface area (Å²) in [5, 5.41) is 0. The van der Waals surface area contributed by atoms with Gasteiger partial charge in [-0.2, -0.15) is 0 Å². The molecule has 1 atom stereocenters. The van der Waals surface area contributed by atoms with Crippen molar-refractivity contribution in [2.45, 2.75) is 19.5 Å². The van der Waals surface area contributed by atoms with Crippen LogP contribution < -0.4 is 5.73 Å². The molecule has 1 aromatic heterocycles. The van der Waals surface area contributed by atoms with Crippen LogP contribution in [0.4, 0.5) is 0 Å². The Morgan fingerprint density at radius 3 is 2.53 bits per heavy atom. The Labute approximate surface area is 127 Å². The van der Waals surface area contributed by atoms with Gasteiger partial charge >= 0.3 is 0 Å². The van der Waals surface area contributed by atoms with Gasteiger partial charge in [0.25, 0.3) is 0 Å². The number of halogens is 1. The van der Waals surface area contributed by atoms with Gasteiger partial charge in [0.15, 0.2) is 0 Å². The number of nitrogens with two attached hydrogens (primary N) is 1. The van der Waals surface area contributed by atoms with Gasteiger partial charge in [0.05, 0.1) is 3.79 Å². The molecule has 2 nitrogen and oxygen atoms in total. The molecule has 0 aliphatic rings. The van der Waals surface area contributed by atoms with E-state index in [0.29, 0.717) is 12.6 Å². The van der Waals surface area contributed by atoms with Gasteiger partial charge in [0.2, 0.25) is 0 Å². The number of benzene rings is 1. The summed E-state index contributed by atoms with van der Waals surface area (Å²) in [5.41, 5.74) is 7.09. The minimum absolute atomic E-state index is 0.389. The van der Waals surface area contributed by atoms with Crippen LogP contribution in [-0.2, 0) is 6.54 Å². The quantitative estimate of drug-likeness (QED) is 0.861. The van der Waals surface area contributed by atoms with E-state index in [2.05, 4.69) is 70.2 Å². The summed E-state index contributed by atoms with van der Waals surface area (Å²) in [5.74, 6) is 0. The zero-order valence-electron chi connectivity index (χ0n) is 11.1. The van der Waals surface area contributed by atoms with Crippen molar-refractivity contribution < 1.29 is 0 Å². The van der Waals surface area contributed by atoms with Crippen LogP contribution in [-0.4, -0.2) is 18.0 Å². The van der Waals surface area contributed by atoms with Crippen LogP contribution in [0.2, 0.25) is 0 Å². The third kappa shape index (κ3) is 4.14. The number of hydrogen-bond acceptors (Lipinski definition) is 3. The van der Waals surface area contributed by atoms with Crippen molar-refractivity contribution in [3.05, 3.63) is 56.7 Å². The molecule has 19 heavy (non-hydrogen) atoms. The van der Waals surface area contributed by atoms with E-state index in [0.717, 1.165) is 13.1 Å². The highest BCUT2D eigenvalue weighted by atomic mass is 79.9. The summed E-state index contributed by atoms with van der Waals surface area (Å²) in [6.07, 6.45) is 0. The number of rotatable bonds is 6. The Balaban J connectivity index is 2.11. The molecule has 0 saturated carbocycles. The van der Waals surface area contributed by atoms with Crippen molar-refractivity contribution in [3.8, 4) is 0 Å². The highest BCUT2D eigenvalue weighted by molar-refractivity contribution is 9.11. The SMILES string of the molecule is CC(c1ccc(Br)s1)N(CCN)Cc1ccccc1. The molecule has 0 aliphatic heterocycles. The van der Waals surface area contributed by atoms with Crippen LogP contribution in [0.15, 0.2) is 46.3 Å². The molecule has 0 saturated heterocycles. The molecular weight excluding hydrogens is 320 g/mol. The second-order valence-corrected chi connectivity index (χ2v) is 7.06. The van der Waals surface area contributed by atoms with Crippen molar-refractivity contribution in [3.63, 3.8) is 0 Å². The van der Waals surface area contributed by atoms with Crippen molar-refractivity contribution in [2.75, 3.05) is 13.1 Å². The van der Waals surface area contributed by atoms with Crippen LogP contribution in [0, 0.1) is 0 Å². The zero-order valence-corrected chi connectivity index (χ0v) is 13.5. The van der Waals surface area contributed by atoms with Crippen molar-refractivity contribution in [2.24, 2.45) is 5.73 Å². The predicted octanol–water partition coefficient (Wildman–Crippen LogP) is 4.03. The summed E-state index contributed by atoms with van der Waals surface area (Å²) in [6, 6.07) is 15.2. The molecule has 2 rings (SSSR count). The largest absolute Gasteiger partial charge is 0.329 e. The lowest BCUT2D eigenvalue weighted by Gasteiger charge is -2.28. The molecule has 2 aromatic rings. The first-order valence-electron chi connectivity index (χ1n) is 6.44. The maximum Gasteiger partial charge on any atom is 0.0701 e. The van der Waals surface area contributed by atoms with Gasteiger partial charge in [-0.15, -0.1) is 11.3 Å². The third-order valence-corrected chi connectivity index (χ3v) is 4.99. The first-order chi connectivity index (χ1) is 9.20. The summed E-state index contributed by atoms with van der Waals surface area (Å²) >= 11 is 5.33. The summed E-state index contributed by atoms with van der Waals surface area (Å²) in [6.45, 7) is 4.78. The van der Waals surface area contributed by atoms with Gasteiger partial charge in [-0.1, -0.05) is 30.3 Å². The minimum atomic E-state index is 0.389. The van der Waals surface area contributed by atoms with Gasteiger partial charge in [-0.3, -0.25) is 4.90 Å². The number of hydrogen-bond donors (Lipinski definition) is 1. The first kappa shape index (κ1) is 14.7. The number of thiophene rings is 1. The van der Waals surface area contributed by atoms with Crippen LogP contribution in [0.5, 0.6) is 0 Å². The third-order valence-electron chi connectivity index (χ3n) is 3.20. The lowest BCUT2D eigenvalue weighted by molar-refractivity contribution is 0.210. The van der Waals surface area contributed by atoms with Crippen LogP contribution >= 0.6 is 27.3 Å². The van der Waals surface area contributed by atoms with Crippen molar-refractivity contribution in [1.82, 2.24) is 4.90 Å². The molecule has 0 bridgehead atoms. The van der Waals surface area contributed by atoms with Gasteiger partial charge < -0.3 is 5.73 Å². The number of nitrogens with zero attached hydrogens (tertiary/aromatic N) is 1. The molecule has 4 heteroatoms. The molecule has 0 spiro atoms. The average Bonchev–Trinajstić information content (AvgIpc) is 2.85. The van der Waals surface area contributed by atoms with Crippen LogP contribution in [0.25, 0.3) is 0 Å². The molecule has 0 amide bonds. The van der Waals surface area contributed by atoms with Crippen molar-refractivity contribution in [1.29, 1.82) is 0 Å². The molecule has 1 heterocycles. The Hall–Kier alpha value is -0.680. The second-order valence-electron chi connectivity index (χ2n) is 4.56. The normalized spacial score (nSPS) is 12.8. The molecule has 102 valence electrons. The fourth-order valence-corrected chi connectivity index (χ4v) is 3.64. The fraction of sp³-hybridized carbons (Fsp3) is 0.333. The smallest absolute Gasteiger partial charge is 0.0701 e. The van der Waals surface area contributed by atoms with Crippen LogP contribution in [0.1, 0.15) is 23.4 Å². The Morgan fingerprint density at radius 2 is 1.95 bits per heavy atom. The predicted molar refractivity (Wildman–Crippen MR) is 86.3 cm³/mol. The Bertz CT molecular complexity index is 498. The minimum Gasteiger partial charge on any atom is -0.329 e. The monoisotopic (exact) mass is 338 g/mol. The zero-order chi connectivity index (χ0) is 13.7. The molecule has 0 radical (unpaired) electrons. The van der Waals surface area contributed by atoms with E-state index in [1.165, 1.54) is 14.2 Å². The lowest BCUT2D eigenvalue weighted by atomic mass is 10.1. The Morgan fingerprint density at radius 1 is 1.21 bits per heavy atom. The molecule has 1 aromatic carbocycles. The highest BCUT2D eigenvalue weighted by Gasteiger charge is 2.17.